The lowest BCUT2D eigenvalue weighted by atomic mass is 10.2. The van der Waals surface area contributed by atoms with Gasteiger partial charge in [0, 0.05) is 12.7 Å². The van der Waals surface area contributed by atoms with E-state index in [0.717, 1.165) is 11.4 Å². The number of nitrogens with zero attached hydrogens (tertiary/aromatic N) is 4. The minimum atomic E-state index is -0.149. The standard InChI is InChI=1S/C10H14N6O/c1-6-9(7(2)16(3)15-6)10(17)11-4-8-12-5-13-14-8/h5H,4H2,1-3H3,(H,11,17)(H,12,13,14). The van der Waals surface area contributed by atoms with Crippen molar-refractivity contribution in [2.75, 3.05) is 0 Å². The molecular weight excluding hydrogens is 220 g/mol. The lowest BCUT2D eigenvalue weighted by molar-refractivity contribution is 0.0948. The second-order valence-electron chi connectivity index (χ2n) is 3.78. The van der Waals surface area contributed by atoms with Gasteiger partial charge in [-0.15, -0.1) is 0 Å². The maximum atomic E-state index is 12.0. The Labute approximate surface area is 98.2 Å². The van der Waals surface area contributed by atoms with E-state index in [4.69, 9.17) is 0 Å². The minimum absolute atomic E-state index is 0.149. The van der Waals surface area contributed by atoms with Crippen LogP contribution in [0.25, 0.3) is 0 Å². The van der Waals surface area contributed by atoms with Gasteiger partial charge in [-0.25, -0.2) is 4.98 Å². The first-order valence-corrected chi connectivity index (χ1v) is 5.22. The molecule has 2 rings (SSSR count). The summed E-state index contributed by atoms with van der Waals surface area (Å²) >= 11 is 0. The quantitative estimate of drug-likeness (QED) is 0.787. The van der Waals surface area contributed by atoms with Crippen molar-refractivity contribution in [2.45, 2.75) is 20.4 Å². The maximum absolute atomic E-state index is 12.0. The van der Waals surface area contributed by atoms with E-state index in [9.17, 15) is 4.79 Å². The first-order chi connectivity index (χ1) is 8.09. The zero-order chi connectivity index (χ0) is 12.4. The molecule has 0 aliphatic rings. The van der Waals surface area contributed by atoms with Gasteiger partial charge in [-0.05, 0) is 13.8 Å². The predicted molar refractivity (Wildman–Crippen MR) is 60.2 cm³/mol. The summed E-state index contributed by atoms with van der Waals surface area (Å²) in [6.45, 7) is 4.01. The van der Waals surface area contributed by atoms with Crippen LogP contribution in [0.5, 0.6) is 0 Å². The topological polar surface area (TPSA) is 88.5 Å². The highest BCUT2D eigenvalue weighted by molar-refractivity contribution is 5.96. The molecule has 0 aliphatic carbocycles. The zero-order valence-corrected chi connectivity index (χ0v) is 9.98. The minimum Gasteiger partial charge on any atom is -0.345 e. The van der Waals surface area contributed by atoms with Crippen molar-refractivity contribution in [1.29, 1.82) is 0 Å². The average molecular weight is 234 g/mol. The number of aromatic nitrogens is 5. The molecule has 7 nitrogen and oxygen atoms in total. The highest BCUT2D eigenvalue weighted by Gasteiger charge is 2.16. The van der Waals surface area contributed by atoms with Crippen LogP contribution in [0.2, 0.25) is 0 Å². The number of amides is 1. The Morgan fingerprint density at radius 2 is 2.29 bits per heavy atom. The van der Waals surface area contributed by atoms with Crippen molar-refractivity contribution >= 4 is 5.91 Å². The van der Waals surface area contributed by atoms with E-state index in [1.165, 1.54) is 6.33 Å². The second kappa shape index (κ2) is 4.36. The molecular formula is C10H14N6O. The first kappa shape index (κ1) is 11.3. The van der Waals surface area contributed by atoms with Crippen molar-refractivity contribution in [3.05, 3.63) is 29.1 Å². The number of nitrogens with one attached hydrogen (secondary N) is 2. The van der Waals surface area contributed by atoms with Gasteiger partial charge < -0.3 is 5.32 Å². The van der Waals surface area contributed by atoms with Crippen LogP contribution in [0, 0.1) is 13.8 Å². The molecule has 1 amide bonds. The molecule has 17 heavy (non-hydrogen) atoms. The van der Waals surface area contributed by atoms with Crippen LogP contribution in [0.15, 0.2) is 6.33 Å². The molecule has 2 N–H and O–H groups in total. The molecule has 2 heterocycles. The summed E-state index contributed by atoms with van der Waals surface area (Å²) in [5.41, 5.74) is 2.18. The average Bonchev–Trinajstić information content (AvgIpc) is 2.86. The van der Waals surface area contributed by atoms with Gasteiger partial charge >= 0.3 is 0 Å². The molecule has 2 aromatic rings. The molecule has 7 heteroatoms. The monoisotopic (exact) mass is 234 g/mol. The largest absolute Gasteiger partial charge is 0.345 e. The first-order valence-electron chi connectivity index (χ1n) is 5.22. The number of carbonyl (C=O) groups is 1. The number of carbonyl (C=O) groups excluding carboxylic acids is 1. The molecule has 0 bridgehead atoms. The van der Waals surface area contributed by atoms with E-state index in [2.05, 4.69) is 25.6 Å². The van der Waals surface area contributed by atoms with Gasteiger partial charge in [-0.2, -0.15) is 10.2 Å². The fourth-order valence-corrected chi connectivity index (χ4v) is 1.67. The number of H-pyrrole nitrogens is 1. The smallest absolute Gasteiger partial charge is 0.255 e. The van der Waals surface area contributed by atoms with Gasteiger partial charge in [-0.1, -0.05) is 0 Å². The molecule has 0 radical (unpaired) electrons. The summed E-state index contributed by atoms with van der Waals surface area (Å²) < 4.78 is 1.69. The summed E-state index contributed by atoms with van der Waals surface area (Å²) in [5.74, 6) is 0.474. The van der Waals surface area contributed by atoms with Crippen molar-refractivity contribution in [2.24, 2.45) is 7.05 Å². The lowest BCUT2D eigenvalue weighted by Crippen LogP contribution is -2.24. The molecule has 0 unspecified atom stereocenters. The molecule has 0 atom stereocenters. The molecule has 0 saturated heterocycles. The van der Waals surface area contributed by atoms with Gasteiger partial charge in [0.05, 0.1) is 17.8 Å². The van der Waals surface area contributed by atoms with Crippen LogP contribution in [-0.2, 0) is 13.6 Å². The third kappa shape index (κ3) is 2.17. The Hall–Kier alpha value is -2.18. The number of hydrogen-bond donors (Lipinski definition) is 2. The Balaban J connectivity index is 2.10. The zero-order valence-electron chi connectivity index (χ0n) is 9.98. The van der Waals surface area contributed by atoms with Gasteiger partial charge in [0.15, 0.2) is 0 Å². The fourth-order valence-electron chi connectivity index (χ4n) is 1.67. The number of aryl methyl sites for hydroxylation is 2. The van der Waals surface area contributed by atoms with Crippen LogP contribution in [0.4, 0.5) is 0 Å². The van der Waals surface area contributed by atoms with E-state index in [-0.39, 0.29) is 5.91 Å². The van der Waals surface area contributed by atoms with Crippen LogP contribution >= 0.6 is 0 Å². The highest BCUT2D eigenvalue weighted by atomic mass is 16.1. The van der Waals surface area contributed by atoms with Crippen LogP contribution in [0.1, 0.15) is 27.6 Å². The number of aromatic amines is 1. The van der Waals surface area contributed by atoms with Crippen molar-refractivity contribution in [1.82, 2.24) is 30.3 Å². The third-order valence-electron chi connectivity index (χ3n) is 2.62. The summed E-state index contributed by atoms with van der Waals surface area (Å²) in [5, 5.41) is 13.4. The number of rotatable bonds is 3. The fraction of sp³-hybridized carbons (Fsp3) is 0.400. The third-order valence-corrected chi connectivity index (χ3v) is 2.62. The van der Waals surface area contributed by atoms with E-state index < -0.39 is 0 Å². The molecule has 0 aliphatic heterocycles. The molecule has 0 saturated carbocycles. The normalized spacial score (nSPS) is 10.5. The summed E-state index contributed by atoms with van der Waals surface area (Å²) in [7, 11) is 1.82. The van der Waals surface area contributed by atoms with Crippen LogP contribution in [-0.4, -0.2) is 30.9 Å². The SMILES string of the molecule is Cc1nn(C)c(C)c1C(=O)NCc1ncn[nH]1. The van der Waals surface area contributed by atoms with Crippen molar-refractivity contribution < 1.29 is 4.79 Å². The molecule has 0 spiro atoms. The van der Waals surface area contributed by atoms with Gasteiger partial charge in [-0.3, -0.25) is 14.6 Å². The summed E-state index contributed by atoms with van der Waals surface area (Å²) in [4.78, 5) is 15.9. The van der Waals surface area contributed by atoms with Gasteiger partial charge in [0.1, 0.15) is 12.2 Å². The number of hydrogen-bond acceptors (Lipinski definition) is 4. The van der Waals surface area contributed by atoms with Gasteiger partial charge in [0.25, 0.3) is 5.91 Å². The Kier molecular flexibility index (Phi) is 2.90. The molecule has 0 aromatic carbocycles. The van der Waals surface area contributed by atoms with Crippen molar-refractivity contribution in [3.8, 4) is 0 Å². The second-order valence-corrected chi connectivity index (χ2v) is 3.78. The maximum Gasteiger partial charge on any atom is 0.255 e. The van der Waals surface area contributed by atoms with Crippen LogP contribution < -0.4 is 5.32 Å². The van der Waals surface area contributed by atoms with E-state index in [1.54, 1.807) is 4.68 Å². The van der Waals surface area contributed by atoms with Crippen LogP contribution in [0.3, 0.4) is 0 Å². The van der Waals surface area contributed by atoms with E-state index >= 15 is 0 Å². The Morgan fingerprint density at radius 1 is 1.53 bits per heavy atom. The van der Waals surface area contributed by atoms with Gasteiger partial charge in [0.2, 0.25) is 0 Å². The lowest BCUT2D eigenvalue weighted by Gasteiger charge is -2.03. The van der Waals surface area contributed by atoms with E-state index in [1.807, 2.05) is 20.9 Å². The Bertz CT molecular complexity index is 527. The Morgan fingerprint density at radius 3 is 2.82 bits per heavy atom. The van der Waals surface area contributed by atoms with E-state index in [0.29, 0.717) is 17.9 Å². The summed E-state index contributed by atoms with van der Waals surface area (Å²) in [6, 6.07) is 0. The predicted octanol–water partition coefficient (Wildman–Crippen LogP) is 0.0850. The molecule has 2 aromatic heterocycles. The van der Waals surface area contributed by atoms with Crippen molar-refractivity contribution in [3.63, 3.8) is 0 Å². The summed E-state index contributed by atoms with van der Waals surface area (Å²) in [6.07, 6.45) is 1.40. The highest BCUT2D eigenvalue weighted by Crippen LogP contribution is 2.11. The molecule has 90 valence electrons. The molecule has 0 fully saturated rings.